The van der Waals surface area contributed by atoms with E-state index < -0.39 is 0 Å². The molecule has 1 aliphatic rings. The lowest BCUT2D eigenvalue weighted by molar-refractivity contribution is -0.115. The molecule has 108 valence electrons. The van der Waals surface area contributed by atoms with Crippen LogP contribution in [-0.4, -0.2) is 28.7 Å². The topological polar surface area (TPSA) is 62.3 Å². The third kappa shape index (κ3) is 2.67. The highest BCUT2D eigenvalue weighted by Crippen LogP contribution is 2.25. The maximum Gasteiger partial charge on any atom is 0.253 e. The molecule has 0 spiro atoms. The normalized spacial score (nSPS) is 13.0. The summed E-state index contributed by atoms with van der Waals surface area (Å²) in [6.07, 6.45) is 0.389. The highest BCUT2D eigenvalue weighted by Gasteiger charge is 2.20. The maximum atomic E-state index is 12.5. The Hall–Kier alpha value is -2.21. The van der Waals surface area contributed by atoms with Crippen LogP contribution in [0, 0.1) is 6.92 Å². The van der Waals surface area contributed by atoms with Gasteiger partial charge in [0.15, 0.2) is 0 Å². The quantitative estimate of drug-likeness (QED) is 0.945. The lowest BCUT2D eigenvalue weighted by atomic mass is 10.1. The number of nitrogens with zero attached hydrogens (tertiary/aromatic N) is 2. The molecular formula is C15H15N3O2S. The molecule has 0 saturated heterocycles. The van der Waals surface area contributed by atoms with Gasteiger partial charge in [-0.05, 0) is 24.6 Å². The van der Waals surface area contributed by atoms with E-state index >= 15 is 0 Å². The number of carbonyl (C=O) groups excluding carboxylic acids is 2. The van der Waals surface area contributed by atoms with Gasteiger partial charge in [-0.25, -0.2) is 4.98 Å². The maximum absolute atomic E-state index is 12.5. The Morgan fingerprint density at radius 1 is 1.48 bits per heavy atom. The molecule has 2 heterocycles. The second kappa shape index (κ2) is 5.29. The van der Waals surface area contributed by atoms with Crippen molar-refractivity contribution in [2.75, 3.05) is 12.4 Å². The van der Waals surface area contributed by atoms with Gasteiger partial charge in [0.1, 0.15) is 0 Å². The molecule has 6 heteroatoms. The van der Waals surface area contributed by atoms with Crippen LogP contribution in [0.3, 0.4) is 0 Å². The molecule has 21 heavy (non-hydrogen) atoms. The van der Waals surface area contributed by atoms with Crippen LogP contribution in [0.15, 0.2) is 23.7 Å². The number of aromatic nitrogens is 1. The van der Waals surface area contributed by atoms with Crippen molar-refractivity contribution in [2.24, 2.45) is 0 Å². The first-order chi connectivity index (χ1) is 10.0. The van der Waals surface area contributed by atoms with E-state index in [0.29, 0.717) is 18.5 Å². The zero-order valence-corrected chi connectivity index (χ0v) is 12.7. The van der Waals surface area contributed by atoms with Crippen LogP contribution < -0.4 is 5.32 Å². The van der Waals surface area contributed by atoms with E-state index in [1.807, 2.05) is 13.0 Å². The third-order valence-corrected chi connectivity index (χ3v) is 4.47. The van der Waals surface area contributed by atoms with Gasteiger partial charge in [-0.2, -0.15) is 0 Å². The summed E-state index contributed by atoms with van der Waals surface area (Å²) >= 11 is 1.55. The summed E-state index contributed by atoms with van der Waals surface area (Å²) in [6, 6.07) is 5.36. The molecule has 5 nitrogen and oxygen atoms in total. The Balaban J connectivity index is 1.78. The van der Waals surface area contributed by atoms with Crippen LogP contribution in [0.5, 0.6) is 0 Å². The summed E-state index contributed by atoms with van der Waals surface area (Å²) in [5.41, 5.74) is 5.01. The van der Waals surface area contributed by atoms with Crippen LogP contribution in [-0.2, 0) is 17.8 Å². The molecule has 0 radical (unpaired) electrons. The van der Waals surface area contributed by atoms with Crippen molar-refractivity contribution in [1.29, 1.82) is 0 Å². The van der Waals surface area contributed by atoms with Gasteiger partial charge in [-0.1, -0.05) is 6.07 Å². The number of benzene rings is 1. The smallest absolute Gasteiger partial charge is 0.253 e. The van der Waals surface area contributed by atoms with E-state index in [1.165, 1.54) is 0 Å². The van der Waals surface area contributed by atoms with Crippen molar-refractivity contribution in [2.45, 2.75) is 19.9 Å². The zero-order chi connectivity index (χ0) is 15.0. The molecule has 1 N–H and O–H groups in total. The van der Waals surface area contributed by atoms with Crippen LogP contribution in [0.4, 0.5) is 5.69 Å². The van der Waals surface area contributed by atoms with Crippen LogP contribution in [0.2, 0.25) is 0 Å². The number of aryl methyl sites for hydroxylation is 1. The van der Waals surface area contributed by atoms with Crippen molar-refractivity contribution >= 4 is 28.8 Å². The summed E-state index contributed by atoms with van der Waals surface area (Å²) in [5, 5.41) is 2.77. The number of amides is 2. The van der Waals surface area contributed by atoms with Gasteiger partial charge in [0.25, 0.3) is 5.91 Å². The molecule has 0 atom stereocenters. The number of rotatable bonds is 3. The Morgan fingerprint density at radius 2 is 2.29 bits per heavy atom. The molecule has 3 rings (SSSR count). The van der Waals surface area contributed by atoms with Crippen LogP contribution >= 0.6 is 11.3 Å². The average Bonchev–Trinajstić information content (AvgIpc) is 3.02. The number of carbonyl (C=O) groups is 2. The van der Waals surface area contributed by atoms with E-state index in [9.17, 15) is 9.59 Å². The fraction of sp³-hybridized carbons (Fsp3) is 0.267. The van der Waals surface area contributed by atoms with Gasteiger partial charge >= 0.3 is 0 Å². The number of hydrogen-bond acceptors (Lipinski definition) is 4. The highest BCUT2D eigenvalue weighted by molar-refractivity contribution is 7.09. The van der Waals surface area contributed by atoms with E-state index in [-0.39, 0.29) is 11.8 Å². The Kier molecular flexibility index (Phi) is 3.47. The molecule has 2 aromatic rings. The first-order valence-electron chi connectivity index (χ1n) is 6.62. The molecule has 0 unspecified atom stereocenters. The monoisotopic (exact) mass is 301 g/mol. The molecule has 1 aliphatic heterocycles. The Bertz CT molecular complexity index is 723. The SMILES string of the molecule is Cc1ncsc1CN(C)C(=O)c1ccc2c(c1)NC(=O)C2. The standard InChI is InChI=1S/C15H15N3O2S/c1-9-13(21-8-16-9)7-18(2)15(20)11-4-3-10-6-14(19)17-12(10)5-11/h3-5,8H,6-7H2,1-2H3,(H,17,19). The summed E-state index contributed by atoms with van der Waals surface area (Å²) in [7, 11) is 1.77. The number of hydrogen-bond donors (Lipinski definition) is 1. The average molecular weight is 301 g/mol. The number of fused-ring (bicyclic) bond motifs is 1. The molecule has 0 saturated carbocycles. The first-order valence-corrected chi connectivity index (χ1v) is 7.50. The lowest BCUT2D eigenvalue weighted by Crippen LogP contribution is -2.26. The second-order valence-electron chi connectivity index (χ2n) is 5.12. The predicted octanol–water partition coefficient (Wildman–Crippen LogP) is 2.22. The van der Waals surface area contributed by atoms with Gasteiger partial charge in [0, 0.05) is 23.2 Å². The number of nitrogens with one attached hydrogen (secondary N) is 1. The van der Waals surface area contributed by atoms with Crippen molar-refractivity contribution in [3.8, 4) is 0 Å². The van der Waals surface area contributed by atoms with Crippen molar-refractivity contribution in [1.82, 2.24) is 9.88 Å². The van der Waals surface area contributed by atoms with E-state index in [2.05, 4.69) is 10.3 Å². The largest absolute Gasteiger partial charge is 0.336 e. The third-order valence-electron chi connectivity index (χ3n) is 3.55. The van der Waals surface area contributed by atoms with Gasteiger partial charge in [0.2, 0.25) is 5.91 Å². The zero-order valence-electron chi connectivity index (χ0n) is 11.8. The van der Waals surface area contributed by atoms with Crippen molar-refractivity contribution < 1.29 is 9.59 Å². The van der Waals surface area contributed by atoms with E-state index in [1.54, 1.807) is 40.9 Å². The second-order valence-corrected chi connectivity index (χ2v) is 6.06. The molecular weight excluding hydrogens is 286 g/mol. The fourth-order valence-corrected chi connectivity index (χ4v) is 3.16. The summed E-state index contributed by atoms with van der Waals surface area (Å²) < 4.78 is 0. The van der Waals surface area contributed by atoms with Crippen molar-refractivity contribution in [3.05, 3.63) is 45.4 Å². The molecule has 1 aromatic carbocycles. The Labute approximate surface area is 126 Å². The first kappa shape index (κ1) is 13.8. The predicted molar refractivity (Wildman–Crippen MR) is 81.4 cm³/mol. The summed E-state index contributed by atoms with van der Waals surface area (Å²) in [5.74, 6) is -0.0880. The minimum absolute atomic E-state index is 0.0248. The van der Waals surface area contributed by atoms with Gasteiger partial charge in [-0.15, -0.1) is 11.3 Å². The van der Waals surface area contributed by atoms with Crippen LogP contribution in [0.1, 0.15) is 26.5 Å². The minimum atomic E-state index is -0.0632. The van der Waals surface area contributed by atoms with Gasteiger partial charge in [0.05, 0.1) is 24.2 Å². The molecule has 0 fully saturated rings. The summed E-state index contributed by atoms with van der Waals surface area (Å²) in [6.45, 7) is 2.48. The molecule has 0 aliphatic carbocycles. The number of thiazole rings is 1. The Morgan fingerprint density at radius 3 is 3.00 bits per heavy atom. The van der Waals surface area contributed by atoms with Gasteiger partial charge in [-0.3, -0.25) is 9.59 Å². The molecule has 0 bridgehead atoms. The minimum Gasteiger partial charge on any atom is -0.336 e. The molecule has 2 amide bonds. The molecule has 1 aromatic heterocycles. The van der Waals surface area contributed by atoms with Crippen molar-refractivity contribution in [3.63, 3.8) is 0 Å². The van der Waals surface area contributed by atoms with Gasteiger partial charge < -0.3 is 10.2 Å². The highest BCUT2D eigenvalue weighted by atomic mass is 32.1. The van der Waals surface area contributed by atoms with Crippen LogP contribution in [0.25, 0.3) is 0 Å². The summed E-state index contributed by atoms with van der Waals surface area (Å²) in [4.78, 5) is 30.8. The lowest BCUT2D eigenvalue weighted by Gasteiger charge is -2.17. The number of anilines is 1. The van der Waals surface area contributed by atoms with E-state index in [4.69, 9.17) is 0 Å². The van der Waals surface area contributed by atoms with E-state index in [0.717, 1.165) is 21.8 Å². The fourth-order valence-electron chi connectivity index (χ4n) is 2.33.